The molecular formula is C7H6N8. The number of fused-ring (bicyclic) bond motifs is 1. The lowest BCUT2D eigenvalue weighted by atomic mass is 10.3. The van der Waals surface area contributed by atoms with Gasteiger partial charge >= 0.3 is 0 Å². The number of H-pyrrole nitrogens is 2. The van der Waals surface area contributed by atoms with Gasteiger partial charge in [0.1, 0.15) is 0 Å². The summed E-state index contributed by atoms with van der Waals surface area (Å²) in [4.78, 5) is 4.11. The highest BCUT2D eigenvalue weighted by molar-refractivity contribution is 5.89. The molecule has 0 radical (unpaired) electrons. The average molecular weight is 202 g/mol. The molecule has 0 aromatic carbocycles. The molecule has 0 aliphatic heterocycles. The number of tetrazole rings is 1. The normalized spacial score (nSPS) is 10.7. The molecule has 0 atom stereocenters. The minimum absolute atomic E-state index is 0.406. The second-order valence-electron chi connectivity index (χ2n) is 2.85. The maximum Gasteiger partial charge on any atom is 0.267 e. The fourth-order valence-electron chi connectivity index (χ4n) is 1.30. The number of anilines is 2. The molecule has 0 saturated heterocycles. The molecule has 0 aliphatic carbocycles. The van der Waals surface area contributed by atoms with Crippen molar-refractivity contribution in [1.29, 1.82) is 0 Å². The molecule has 0 aliphatic rings. The van der Waals surface area contributed by atoms with Crippen LogP contribution in [0.5, 0.6) is 0 Å². The van der Waals surface area contributed by atoms with Crippen LogP contribution in [0.1, 0.15) is 0 Å². The van der Waals surface area contributed by atoms with Crippen LogP contribution in [-0.2, 0) is 0 Å². The predicted molar refractivity (Wildman–Crippen MR) is 51.3 cm³/mol. The zero-order valence-electron chi connectivity index (χ0n) is 7.47. The number of aromatic nitrogens is 7. The Morgan fingerprint density at radius 2 is 2.33 bits per heavy atom. The van der Waals surface area contributed by atoms with Crippen LogP contribution in [0.4, 0.5) is 11.6 Å². The Labute approximate surface area is 83.1 Å². The van der Waals surface area contributed by atoms with Crippen molar-refractivity contribution < 1.29 is 0 Å². The third-order valence-corrected chi connectivity index (χ3v) is 1.95. The zero-order valence-corrected chi connectivity index (χ0v) is 7.47. The van der Waals surface area contributed by atoms with Crippen molar-refractivity contribution in [3.05, 3.63) is 18.5 Å². The third kappa shape index (κ3) is 1.27. The first-order chi connectivity index (χ1) is 7.43. The Bertz CT molecular complexity index is 567. The number of aromatic amines is 2. The van der Waals surface area contributed by atoms with Crippen molar-refractivity contribution in [3.63, 3.8) is 0 Å². The van der Waals surface area contributed by atoms with Crippen LogP contribution >= 0.6 is 0 Å². The Kier molecular flexibility index (Phi) is 1.58. The van der Waals surface area contributed by atoms with E-state index in [0.717, 1.165) is 11.1 Å². The summed E-state index contributed by atoms with van der Waals surface area (Å²) in [6.07, 6.45) is 3.35. The van der Waals surface area contributed by atoms with Gasteiger partial charge in [0.25, 0.3) is 5.95 Å². The van der Waals surface area contributed by atoms with Crippen molar-refractivity contribution in [2.75, 3.05) is 5.32 Å². The lowest BCUT2D eigenvalue weighted by Crippen LogP contribution is -1.93. The lowest BCUT2D eigenvalue weighted by Gasteiger charge is -2.00. The van der Waals surface area contributed by atoms with E-state index in [4.69, 9.17) is 0 Å². The first kappa shape index (κ1) is 7.85. The van der Waals surface area contributed by atoms with Gasteiger partial charge in [0.2, 0.25) is 0 Å². The first-order valence-electron chi connectivity index (χ1n) is 4.22. The summed E-state index contributed by atoms with van der Waals surface area (Å²) in [5, 5.41) is 23.9. The Hall–Kier alpha value is -2.51. The standard InChI is InChI=1S/C7H6N8/c1-2-8-6-4(3-9-11-6)5(1)10-7-12-14-15-13-7/h1-3H,(H3,8,9,10,11,12,13,14,15). The SMILES string of the molecule is c1cc(Nc2nn[nH]n2)c2cn[nH]c2n1. The minimum Gasteiger partial charge on any atom is -0.321 e. The van der Waals surface area contributed by atoms with E-state index in [1.165, 1.54) is 0 Å². The van der Waals surface area contributed by atoms with Gasteiger partial charge in [-0.05, 0) is 11.3 Å². The summed E-state index contributed by atoms with van der Waals surface area (Å²) in [7, 11) is 0. The molecule has 15 heavy (non-hydrogen) atoms. The Morgan fingerprint density at radius 1 is 1.33 bits per heavy atom. The topological polar surface area (TPSA) is 108 Å². The van der Waals surface area contributed by atoms with Crippen LogP contribution in [0.3, 0.4) is 0 Å². The van der Waals surface area contributed by atoms with E-state index in [1.54, 1.807) is 12.4 Å². The van der Waals surface area contributed by atoms with Gasteiger partial charge < -0.3 is 5.32 Å². The number of nitrogens with one attached hydrogen (secondary N) is 3. The first-order valence-corrected chi connectivity index (χ1v) is 4.22. The zero-order chi connectivity index (χ0) is 10.1. The number of hydrogen-bond donors (Lipinski definition) is 3. The summed E-state index contributed by atoms with van der Waals surface area (Å²) in [6, 6.07) is 1.81. The van der Waals surface area contributed by atoms with Crippen LogP contribution in [-0.4, -0.2) is 35.8 Å². The summed E-state index contributed by atoms with van der Waals surface area (Å²) < 4.78 is 0. The van der Waals surface area contributed by atoms with Gasteiger partial charge in [-0.2, -0.15) is 10.3 Å². The number of pyridine rings is 1. The van der Waals surface area contributed by atoms with Gasteiger partial charge in [0, 0.05) is 6.20 Å². The highest BCUT2D eigenvalue weighted by atomic mass is 15.5. The van der Waals surface area contributed by atoms with E-state index in [1.807, 2.05) is 6.07 Å². The van der Waals surface area contributed by atoms with Crippen molar-refractivity contribution in [1.82, 2.24) is 35.8 Å². The molecule has 0 bridgehead atoms. The molecule has 0 spiro atoms. The van der Waals surface area contributed by atoms with Crippen LogP contribution in [0.25, 0.3) is 11.0 Å². The molecule has 3 aromatic heterocycles. The fourth-order valence-corrected chi connectivity index (χ4v) is 1.30. The van der Waals surface area contributed by atoms with Crippen molar-refractivity contribution in [2.24, 2.45) is 0 Å². The summed E-state index contributed by atoms with van der Waals surface area (Å²) >= 11 is 0. The maximum absolute atomic E-state index is 4.11. The molecule has 0 saturated carbocycles. The molecule has 74 valence electrons. The van der Waals surface area contributed by atoms with Gasteiger partial charge in [-0.1, -0.05) is 5.10 Å². The second-order valence-corrected chi connectivity index (χ2v) is 2.85. The summed E-state index contributed by atoms with van der Waals surface area (Å²) in [5.74, 6) is 0.406. The molecule has 3 aromatic rings. The molecule has 8 heteroatoms. The molecule has 0 fully saturated rings. The molecular weight excluding hydrogens is 196 g/mol. The van der Waals surface area contributed by atoms with Gasteiger partial charge in [0.05, 0.1) is 17.3 Å². The van der Waals surface area contributed by atoms with Crippen molar-refractivity contribution >= 4 is 22.7 Å². The van der Waals surface area contributed by atoms with E-state index >= 15 is 0 Å². The minimum atomic E-state index is 0.406. The molecule has 3 N–H and O–H groups in total. The monoisotopic (exact) mass is 202 g/mol. The predicted octanol–water partition coefficient (Wildman–Crippen LogP) is 0.215. The second kappa shape index (κ2) is 3.01. The molecule has 3 rings (SSSR count). The van der Waals surface area contributed by atoms with Crippen LogP contribution < -0.4 is 5.32 Å². The van der Waals surface area contributed by atoms with Gasteiger partial charge in [-0.15, -0.1) is 5.10 Å². The quantitative estimate of drug-likeness (QED) is 0.548. The smallest absolute Gasteiger partial charge is 0.267 e. The van der Waals surface area contributed by atoms with Gasteiger partial charge in [-0.3, -0.25) is 5.10 Å². The maximum atomic E-state index is 4.11. The van der Waals surface area contributed by atoms with Gasteiger partial charge in [0.15, 0.2) is 5.65 Å². The number of rotatable bonds is 2. The van der Waals surface area contributed by atoms with E-state index in [-0.39, 0.29) is 0 Å². The van der Waals surface area contributed by atoms with Crippen LogP contribution in [0.15, 0.2) is 18.5 Å². The number of hydrogen-bond acceptors (Lipinski definition) is 6. The molecule has 0 unspecified atom stereocenters. The van der Waals surface area contributed by atoms with E-state index in [0.29, 0.717) is 11.6 Å². The highest BCUT2D eigenvalue weighted by Crippen LogP contribution is 2.20. The number of nitrogens with zero attached hydrogens (tertiary/aromatic N) is 5. The fraction of sp³-hybridized carbons (Fsp3) is 0. The molecule has 3 heterocycles. The third-order valence-electron chi connectivity index (χ3n) is 1.95. The van der Waals surface area contributed by atoms with Crippen LogP contribution in [0, 0.1) is 0 Å². The Balaban J connectivity index is 2.07. The van der Waals surface area contributed by atoms with Crippen molar-refractivity contribution in [2.45, 2.75) is 0 Å². The van der Waals surface area contributed by atoms with Gasteiger partial charge in [-0.25, -0.2) is 4.98 Å². The average Bonchev–Trinajstić information content (AvgIpc) is 2.87. The molecule has 0 amide bonds. The lowest BCUT2D eigenvalue weighted by molar-refractivity contribution is 0.881. The molecule has 8 nitrogen and oxygen atoms in total. The summed E-state index contributed by atoms with van der Waals surface area (Å²) in [6.45, 7) is 0. The van der Waals surface area contributed by atoms with Crippen LogP contribution in [0.2, 0.25) is 0 Å². The van der Waals surface area contributed by atoms with E-state index < -0.39 is 0 Å². The highest BCUT2D eigenvalue weighted by Gasteiger charge is 2.05. The largest absolute Gasteiger partial charge is 0.321 e. The van der Waals surface area contributed by atoms with Crippen molar-refractivity contribution in [3.8, 4) is 0 Å². The van der Waals surface area contributed by atoms with E-state index in [2.05, 4.69) is 41.1 Å². The Morgan fingerprint density at radius 3 is 3.20 bits per heavy atom. The summed E-state index contributed by atoms with van der Waals surface area (Å²) in [5.41, 5.74) is 1.54. The van der Waals surface area contributed by atoms with E-state index in [9.17, 15) is 0 Å².